The van der Waals surface area contributed by atoms with Crippen LogP contribution in [0.2, 0.25) is 0 Å². The van der Waals surface area contributed by atoms with Crippen LogP contribution >= 0.6 is 0 Å². The number of ether oxygens (including phenoxy) is 3. The van der Waals surface area contributed by atoms with E-state index in [0.29, 0.717) is 54.9 Å². The van der Waals surface area contributed by atoms with Crippen LogP contribution in [-0.2, 0) is 39.5 Å². The Morgan fingerprint density at radius 3 is 1.40 bits per heavy atom. The number of alkyl halides is 6. The summed E-state index contributed by atoms with van der Waals surface area (Å²) in [6, 6.07) is 16.0. The SMILES string of the molecule is CC1CCC(Oc2ccc3c(CCCC(=O)O)cccc3c2C(F)(F)F)CC1.CCOC(=O)CCCc1cccc2c(C(F)(F)F)c(OC3CCC(C)CC3)ccc12. The maximum absolute atomic E-state index is 14.0. The summed E-state index contributed by atoms with van der Waals surface area (Å²) in [5.41, 5.74) is 0.0807. The van der Waals surface area contributed by atoms with Crippen molar-refractivity contribution in [3.63, 3.8) is 0 Å². The van der Waals surface area contributed by atoms with Gasteiger partial charge in [0.15, 0.2) is 0 Å². The molecule has 58 heavy (non-hydrogen) atoms. The lowest BCUT2D eigenvalue weighted by Crippen LogP contribution is -2.24. The highest BCUT2D eigenvalue weighted by Crippen LogP contribution is 2.45. The molecule has 6 nitrogen and oxygen atoms in total. The molecule has 1 N–H and O–H groups in total. The maximum atomic E-state index is 14.0. The van der Waals surface area contributed by atoms with E-state index in [-0.39, 0.29) is 53.3 Å². The molecule has 4 aromatic carbocycles. The number of esters is 1. The van der Waals surface area contributed by atoms with Crippen molar-refractivity contribution >= 4 is 33.5 Å². The zero-order valence-electron chi connectivity index (χ0n) is 33.4. The van der Waals surface area contributed by atoms with Crippen molar-refractivity contribution in [2.75, 3.05) is 6.61 Å². The maximum Gasteiger partial charge on any atom is 0.420 e. The first-order chi connectivity index (χ1) is 27.5. The number of aliphatic carboxylic acids is 1. The molecule has 0 saturated heterocycles. The van der Waals surface area contributed by atoms with E-state index in [1.54, 1.807) is 37.3 Å². The lowest BCUT2D eigenvalue weighted by Gasteiger charge is -2.28. The van der Waals surface area contributed by atoms with Crippen molar-refractivity contribution < 1.29 is 55.2 Å². The van der Waals surface area contributed by atoms with Crippen molar-refractivity contribution in [2.24, 2.45) is 11.8 Å². The molecule has 6 rings (SSSR count). The van der Waals surface area contributed by atoms with Crippen LogP contribution in [0, 0.1) is 11.8 Å². The van der Waals surface area contributed by atoms with Gasteiger partial charge in [-0.1, -0.05) is 62.4 Å². The van der Waals surface area contributed by atoms with E-state index in [0.717, 1.165) is 62.5 Å². The van der Waals surface area contributed by atoms with Crippen LogP contribution in [0.25, 0.3) is 21.5 Å². The van der Waals surface area contributed by atoms with Crippen molar-refractivity contribution in [2.45, 2.75) is 135 Å². The molecule has 0 atom stereocenters. The normalized spacial score (nSPS) is 19.9. The third kappa shape index (κ3) is 12.0. The second-order valence-corrected chi connectivity index (χ2v) is 15.8. The Kier molecular flexibility index (Phi) is 15.4. The van der Waals surface area contributed by atoms with E-state index in [1.165, 1.54) is 24.3 Å². The molecular weight excluding hydrogens is 762 g/mol. The summed E-state index contributed by atoms with van der Waals surface area (Å²) in [5, 5.41) is 10.1. The number of carbonyl (C=O) groups is 2. The van der Waals surface area contributed by atoms with E-state index < -0.39 is 29.4 Å². The van der Waals surface area contributed by atoms with Crippen molar-refractivity contribution in [3.8, 4) is 11.5 Å². The van der Waals surface area contributed by atoms with Gasteiger partial charge in [0.2, 0.25) is 0 Å². The second kappa shape index (κ2) is 20.0. The molecule has 2 saturated carbocycles. The Balaban J connectivity index is 0.000000221. The van der Waals surface area contributed by atoms with Gasteiger partial charge in [-0.05, 0) is 141 Å². The fraction of sp³-hybridized carbons (Fsp3) is 0.522. The van der Waals surface area contributed by atoms with Gasteiger partial charge in [-0.25, -0.2) is 0 Å². The van der Waals surface area contributed by atoms with Gasteiger partial charge in [0, 0.05) is 12.8 Å². The summed E-state index contributed by atoms with van der Waals surface area (Å²) in [6.45, 7) is 6.38. The molecule has 2 aliphatic carbocycles. The molecule has 0 bridgehead atoms. The number of aryl methyl sites for hydroxylation is 2. The van der Waals surface area contributed by atoms with Gasteiger partial charge in [0.05, 0.1) is 18.8 Å². The third-order valence-electron chi connectivity index (χ3n) is 11.3. The summed E-state index contributed by atoms with van der Waals surface area (Å²) in [5.74, 6) is -0.201. The van der Waals surface area contributed by atoms with Gasteiger partial charge in [-0.3, -0.25) is 9.59 Å². The summed E-state index contributed by atoms with van der Waals surface area (Å²) in [6.07, 6.45) is -0.345. The smallest absolute Gasteiger partial charge is 0.420 e. The Bertz CT molecular complexity index is 1990. The molecular formula is C46H54F6O6. The average molecular weight is 817 g/mol. The topological polar surface area (TPSA) is 82.1 Å². The molecule has 316 valence electrons. The Labute approximate surface area is 336 Å². The van der Waals surface area contributed by atoms with Crippen molar-refractivity contribution in [1.29, 1.82) is 0 Å². The molecule has 0 aromatic heterocycles. The third-order valence-corrected chi connectivity index (χ3v) is 11.3. The first-order valence-corrected chi connectivity index (χ1v) is 20.5. The number of hydrogen-bond donors (Lipinski definition) is 1. The highest BCUT2D eigenvalue weighted by atomic mass is 19.4. The molecule has 2 aliphatic rings. The number of carboxylic acid groups (broad SMARTS) is 1. The molecule has 4 aromatic rings. The molecule has 0 amide bonds. The highest BCUT2D eigenvalue weighted by Gasteiger charge is 2.39. The van der Waals surface area contributed by atoms with Crippen LogP contribution < -0.4 is 9.47 Å². The molecule has 0 spiro atoms. The Hall–Kier alpha value is -4.48. The Morgan fingerprint density at radius 1 is 0.603 bits per heavy atom. The fourth-order valence-corrected chi connectivity index (χ4v) is 8.16. The fourth-order valence-electron chi connectivity index (χ4n) is 8.16. The van der Waals surface area contributed by atoms with Crippen LogP contribution in [0.5, 0.6) is 11.5 Å². The van der Waals surface area contributed by atoms with Crippen LogP contribution in [0.3, 0.4) is 0 Å². The molecule has 0 radical (unpaired) electrons. The Morgan fingerprint density at radius 2 is 1.02 bits per heavy atom. The van der Waals surface area contributed by atoms with Gasteiger partial charge in [0.1, 0.15) is 22.6 Å². The van der Waals surface area contributed by atoms with Gasteiger partial charge in [-0.15, -0.1) is 0 Å². The number of fused-ring (bicyclic) bond motifs is 2. The zero-order valence-corrected chi connectivity index (χ0v) is 33.4. The minimum Gasteiger partial charge on any atom is -0.490 e. The van der Waals surface area contributed by atoms with Crippen LogP contribution in [-0.4, -0.2) is 35.9 Å². The number of rotatable bonds is 13. The first-order valence-electron chi connectivity index (χ1n) is 20.5. The summed E-state index contributed by atoms with van der Waals surface area (Å²) >= 11 is 0. The van der Waals surface area contributed by atoms with Gasteiger partial charge in [0.25, 0.3) is 0 Å². The monoisotopic (exact) mass is 816 g/mol. The van der Waals surface area contributed by atoms with Crippen LogP contribution in [0.15, 0.2) is 60.7 Å². The van der Waals surface area contributed by atoms with Crippen molar-refractivity contribution in [3.05, 3.63) is 82.9 Å². The molecule has 2 fully saturated rings. The lowest BCUT2D eigenvalue weighted by molar-refractivity contribution is -0.143. The number of halogens is 6. The highest BCUT2D eigenvalue weighted by molar-refractivity contribution is 5.92. The standard InChI is InChI=1S/C24H29F3O3.C22H25F3O3/c1-3-29-22(28)9-5-7-17-6-4-8-20-19(17)14-15-21(23(20)24(25,26)27)30-18-12-10-16(2)11-13-18;1-14-8-10-16(11-9-14)28-19-13-12-17-15(5-3-7-20(26)27)4-2-6-18(17)21(19)22(23,24)25/h4,6,8,14-16,18H,3,5,7,9-13H2,1-2H3;2,4,6,12-14,16H,3,5,7-11H2,1H3,(H,26,27). The number of carboxylic acids is 1. The average Bonchev–Trinajstić information content (AvgIpc) is 3.16. The van der Waals surface area contributed by atoms with Crippen LogP contribution in [0.1, 0.15) is 120 Å². The summed E-state index contributed by atoms with van der Waals surface area (Å²) < 4.78 is 100. The minimum atomic E-state index is -4.53. The van der Waals surface area contributed by atoms with E-state index in [2.05, 4.69) is 13.8 Å². The molecule has 12 heteroatoms. The predicted octanol–water partition coefficient (Wildman–Crippen LogP) is 12.9. The van der Waals surface area contributed by atoms with E-state index in [9.17, 15) is 35.9 Å². The molecule has 0 unspecified atom stereocenters. The lowest BCUT2D eigenvalue weighted by atomic mass is 9.89. The predicted molar refractivity (Wildman–Crippen MR) is 212 cm³/mol. The van der Waals surface area contributed by atoms with E-state index in [4.69, 9.17) is 19.3 Å². The zero-order chi connectivity index (χ0) is 42.0. The van der Waals surface area contributed by atoms with Gasteiger partial charge < -0.3 is 19.3 Å². The quantitative estimate of drug-likeness (QED) is 0.107. The minimum absolute atomic E-state index is 0.0101. The number of benzene rings is 4. The molecule has 0 heterocycles. The number of carbonyl (C=O) groups excluding carboxylic acids is 1. The largest absolute Gasteiger partial charge is 0.490 e. The summed E-state index contributed by atoms with van der Waals surface area (Å²) in [4.78, 5) is 22.3. The van der Waals surface area contributed by atoms with Crippen LogP contribution in [0.4, 0.5) is 26.3 Å². The van der Waals surface area contributed by atoms with Gasteiger partial charge >= 0.3 is 24.3 Å². The van der Waals surface area contributed by atoms with E-state index >= 15 is 0 Å². The first kappa shape index (κ1) is 44.6. The van der Waals surface area contributed by atoms with Gasteiger partial charge in [-0.2, -0.15) is 26.3 Å². The van der Waals surface area contributed by atoms with Crippen molar-refractivity contribution in [1.82, 2.24) is 0 Å². The second-order valence-electron chi connectivity index (χ2n) is 15.8. The molecule has 0 aliphatic heterocycles. The summed E-state index contributed by atoms with van der Waals surface area (Å²) in [7, 11) is 0. The van der Waals surface area contributed by atoms with E-state index in [1.807, 2.05) is 6.07 Å². The number of hydrogen-bond acceptors (Lipinski definition) is 5.